The Balaban J connectivity index is 3.63. The van der Waals surface area contributed by atoms with E-state index in [-0.39, 0.29) is 11.8 Å². The SMILES string of the molecule is CCOCCC(=O)/C=C/CC/C=C\C(O)CCCC(=O)OC. The number of hydrogen-bond donors (Lipinski definition) is 1. The van der Waals surface area contributed by atoms with Gasteiger partial charge in [-0.25, -0.2) is 0 Å². The molecule has 1 unspecified atom stereocenters. The number of allylic oxidation sites excluding steroid dienone is 3. The predicted molar refractivity (Wildman–Crippen MR) is 85.5 cm³/mol. The van der Waals surface area contributed by atoms with Gasteiger partial charge in [0, 0.05) is 19.4 Å². The van der Waals surface area contributed by atoms with Crippen LogP contribution in [0.15, 0.2) is 24.3 Å². The number of ketones is 1. The van der Waals surface area contributed by atoms with E-state index in [4.69, 9.17) is 4.74 Å². The third-order valence-corrected chi connectivity index (χ3v) is 2.97. The molecule has 0 fully saturated rings. The Labute approximate surface area is 133 Å². The second-order valence-corrected chi connectivity index (χ2v) is 4.86. The molecule has 126 valence electrons. The van der Waals surface area contributed by atoms with Crippen molar-refractivity contribution in [1.82, 2.24) is 0 Å². The van der Waals surface area contributed by atoms with Crippen LogP contribution in [0.1, 0.15) is 45.4 Å². The average molecular weight is 312 g/mol. The summed E-state index contributed by atoms with van der Waals surface area (Å²) < 4.78 is 9.63. The first kappa shape index (κ1) is 20.5. The Morgan fingerprint density at radius 1 is 1.18 bits per heavy atom. The Hall–Kier alpha value is -1.46. The van der Waals surface area contributed by atoms with Crippen LogP contribution in [0.5, 0.6) is 0 Å². The molecular formula is C17H28O5. The molecule has 0 aromatic carbocycles. The number of carbonyl (C=O) groups is 2. The van der Waals surface area contributed by atoms with E-state index >= 15 is 0 Å². The highest BCUT2D eigenvalue weighted by Crippen LogP contribution is 2.04. The van der Waals surface area contributed by atoms with Crippen molar-refractivity contribution in [2.24, 2.45) is 0 Å². The third-order valence-electron chi connectivity index (χ3n) is 2.97. The van der Waals surface area contributed by atoms with E-state index in [0.29, 0.717) is 38.9 Å². The van der Waals surface area contributed by atoms with E-state index in [1.54, 1.807) is 12.2 Å². The molecule has 0 radical (unpaired) electrons. The van der Waals surface area contributed by atoms with E-state index in [1.165, 1.54) is 7.11 Å². The minimum Gasteiger partial charge on any atom is -0.469 e. The summed E-state index contributed by atoms with van der Waals surface area (Å²) in [7, 11) is 1.35. The topological polar surface area (TPSA) is 72.8 Å². The summed E-state index contributed by atoms with van der Waals surface area (Å²) in [6.45, 7) is 3.00. The molecule has 5 nitrogen and oxygen atoms in total. The first-order valence-electron chi connectivity index (χ1n) is 7.78. The fourth-order valence-electron chi connectivity index (χ4n) is 1.71. The van der Waals surface area contributed by atoms with Gasteiger partial charge < -0.3 is 14.6 Å². The molecule has 0 amide bonds. The lowest BCUT2D eigenvalue weighted by molar-refractivity contribution is -0.140. The molecule has 22 heavy (non-hydrogen) atoms. The van der Waals surface area contributed by atoms with Crippen LogP contribution in [0.3, 0.4) is 0 Å². The number of ether oxygens (including phenoxy) is 2. The molecule has 0 aliphatic heterocycles. The minimum atomic E-state index is -0.540. The fourth-order valence-corrected chi connectivity index (χ4v) is 1.71. The summed E-state index contributed by atoms with van der Waals surface area (Å²) in [5, 5.41) is 9.68. The summed E-state index contributed by atoms with van der Waals surface area (Å²) in [5.41, 5.74) is 0. The van der Waals surface area contributed by atoms with Crippen LogP contribution in [-0.4, -0.2) is 43.3 Å². The summed E-state index contributed by atoms with van der Waals surface area (Å²) in [4.78, 5) is 22.3. The van der Waals surface area contributed by atoms with Gasteiger partial charge in [0.2, 0.25) is 0 Å². The molecule has 0 aromatic rings. The molecule has 0 rings (SSSR count). The van der Waals surface area contributed by atoms with Crippen LogP contribution < -0.4 is 0 Å². The van der Waals surface area contributed by atoms with Crippen LogP contribution >= 0.6 is 0 Å². The van der Waals surface area contributed by atoms with Gasteiger partial charge in [-0.2, -0.15) is 0 Å². The zero-order valence-electron chi connectivity index (χ0n) is 13.6. The molecule has 0 aromatic heterocycles. The van der Waals surface area contributed by atoms with Crippen molar-refractivity contribution in [3.8, 4) is 0 Å². The normalized spacial score (nSPS) is 12.9. The van der Waals surface area contributed by atoms with Crippen molar-refractivity contribution in [1.29, 1.82) is 0 Å². The Morgan fingerprint density at radius 2 is 1.91 bits per heavy atom. The number of aliphatic hydroxyl groups is 1. The first-order valence-corrected chi connectivity index (χ1v) is 7.78. The Bertz CT molecular complexity index is 360. The quantitative estimate of drug-likeness (QED) is 0.245. The molecule has 0 heterocycles. The zero-order chi connectivity index (χ0) is 16.6. The van der Waals surface area contributed by atoms with Crippen molar-refractivity contribution in [2.45, 2.75) is 51.6 Å². The van der Waals surface area contributed by atoms with E-state index < -0.39 is 6.10 Å². The minimum absolute atomic E-state index is 0.0697. The van der Waals surface area contributed by atoms with Crippen molar-refractivity contribution >= 4 is 11.8 Å². The number of carbonyl (C=O) groups excluding carboxylic acids is 2. The maximum Gasteiger partial charge on any atom is 0.305 e. The maximum absolute atomic E-state index is 11.4. The van der Waals surface area contributed by atoms with Crippen LogP contribution in [0.4, 0.5) is 0 Å². The van der Waals surface area contributed by atoms with Crippen LogP contribution in [0.2, 0.25) is 0 Å². The number of methoxy groups -OCH3 is 1. The van der Waals surface area contributed by atoms with E-state index in [1.807, 2.05) is 19.1 Å². The molecule has 0 spiro atoms. The summed E-state index contributed by atoms with van der Waals surface area (Å²) in [6, 6.07) is 0. The lowest BCUT2D eigenvalue weighted by atomic mass is 10.1. The fraction of sp³-hybridized carbons (Fsp3) is 0.647. The highest BCUT2D eigenvalue weighted by Gasteiger charge is 2.03. The molecule has 0 aliphatic rings. The molecule has 0 aliphatic carbocycles. The van der Waals surface area contributed by atoms with Crippen LogP contribution in [-0.2, 0) is 19.1 Å². The van der Waals surface area contributed by atoms with Gasteiger partial charge in [0.1, 0.15) is 0 Å². The van der Waals surface area contributed by atoms with Gasteiger partial charge in [0.05, 0.1) is 19.8 Å². The summed E-state index contributed by atoms with van der Waals surface area (Å²) in [6.07, 6.45) is 9.90. The highest BCUT2D eigenvalue weighted by molar-refractivity contribution is 5.89. The molecule has 5 heteroatoms. The van der Waals surface area contributed by atoms with Gasteiger partial charge in [-0.1, -0.05) is 18.2 Å². The lowest BCUT2D eigenvalue weighted by Gasteiger charge is -2.04. The van der Waals surface area contributed by atoms with E-state index in [0.717, 1.165) is 12.8 Å². The number of aliphatic hydroxyl groups excluding tert-OH is 1. The molecule has 0 saturated carbocycles. The Morgan fingerprint density at radius 3 is 2.59 bits per heavy atom. The van der Waals surface area contributed by atoms with Crippen molar-refractivity contribution < 1.29 is 24.2 Å². The number of esters is 1. The summed E-state index contributed by atoms with van der Waals surface area (Å²) in [5.74, 6) is -0.185. The average Bonchev–Trinajstić information content (AvgIpc) is 2.50. The monoisotopic (exact) mass is 312 g/mol. The zero-order valence-corrected chi connectivity index (χ0v) is 13.6. The highest BCUT2D eigenvalue weighted by atomic mass is 16.5. The van der Waals surface area contributed by atoms with Gasteiger partial charge >= 0.3 is 5.97 Å². The standard InChI is InChI=1S/C17H28O5/c1-3-22-14-13-16(19)10-7-5-4-6-9-15(18)11-8-12-17(20)21-2/h6-7,9-10,15,18H,3-5,8,11-14H2,1-2H3/b9-6-,10-7+. The first-order chi connectivity index (χ1) is 10.6. The van der Waals surface area contributed by atoms with Gasteiger partial charge in [0.25, 0.3) is 0 Å². The van der Waals surface area contributed by atoms with Crippen molar-refractivity contribution in [3.63, 3.8) is 0 Å². The second-order valence-electron chi connectivity index (χ2n) is 4.86. The van der Waals surface area contributed by atoms with Crippen LogP contribution in [0.25, 0.3) is 0 Å². The third kappa shape index (κ3) is 13.5. The van der Waals surface area contributed by atoms with Crippen molar-refractivity contribution in [2.75, 3.05) is 20.3 Å². The smallest absolute Gasteiger partial charge is 0.305 e. The second kappa shape index (κ2) is 14.5. The van der Waals surface area contributed by atoms with Crippen molar-refractivity contribution in [3.05, 3.63) is 24.3 Å². The molecule has 1 N–H and O–H groups in total. The molecule has 0 bridgehead atoms. The van der Waals surface area contributed by atoms with E-state index in [2.05, 4.69) is 4.74 Å². The Kier molecular flexibility index (Phi) is 13.5. The number of rotatable bonds is 13. The maximum atomic E-state index is 11.4. The molecule has 0 saturated heterocycles. The van der Waals surface area contributed by atoms with Gasteiger partial charge in [-0.15, -0.1) is 0 Å². The van der Waals surface area contributed by atoms with Gasteiger partial charge in [0.15, 0.2) is 5.78 Å². The summed E-state index contributed by atoms with van der Waals surface area (Å²) >= 11 is 0. The molecular weight excluding hydrogens is 284 g/mol. The van der Waals surface area contributed by atoms with Gasteiger partial charge in [-0.3, -0.25) is 9.59 Å². The largest absolute Gasteiger partial charge is 0.469 e. The number of unbranched alkanes of at least 4 members (excludes halogenated alkanes) is 1. The molecule has 1 atom stereocenters. The lowest BCUT2D eigenvalue weighted by Crippen LogP contribution is -2.05. The van der Waals surface area contributed by atoms with Gasteiger partial charge in [-0.05, 0) is 38.7 Å². The van der Waals surface area contributed by atoms with Crippen LogP contribution in [0, 0.1) is 0 Å². The number of hydrogen-bond acceptors (Lipinski definition) is 5. The predicted octanol–water partition coefficient (Wildman–Crippen LogP) is 2.58. The van der Waals surface area contributed by atoms with E-state index in [9.17, 15) is 14.7 Å².